The van der Waals surface area contributed by atoms with Gasteiger partial charge in [-0.05, 0) is 41.8 Å². The van der Waals surface area contributed by atoms with E-state index in [0.29, 0.717) is 23.5 Å². The minimum atomic E-state index is -1.18. The number of esters is 1. The van der Waals surface area contributed by atoms with Gasteiger partial charge in [0.2, 0.25) is 13.1 Å². The Morgan fingerprint density at radius 1 is 1.11 bits per heavy atom. The zero-order valence-corrected chi connectivity index (χ0v) is 14.4. The maximum Gasteiger partial charge on any atom is 0.336 e. The fraction of sp³-hybridized carbons (Fsp3) is 0.350. The summed E-state index contributed by atoms with van der Waals surface area (Å²) in [5.74, 6) is 0.338. The van der Waals surface area contributed by atoms with E-state index in [1.807, 2.05) is 24.3 Å². The van der Waals surface area contributed by atoms with Crippen molar-refractivity contribution in [1.29, 1.82) is 0 Å². The van der Waals surface area contributed by atoms with Crippen LogP contribution in [0.15, 0.2) is 47.6 Å². The predicted octanol–water partition coefficient (Wildman–Crippen LogP) is 1.92. The molecule has 0 aromatic heterocycles. The lowest BCUT2D eigenvalue weighted by atomic mass is 9.88. The molecule has 2 fully saturated rings. The van der Waals surface area contributed by atoms with Gasteiger partial charge in [-0.25, -0.2) is 4.79 Å². The van der Waals surface area contributed by atoms with Crippen molar-refractivity contribution in [2.75, 3.05) is 13.6 Å². The molecule has 0 saturated carbocycles. The zero-order valence-electron chi connectivity index (χ0n) is 14.4. The third-order valence-corrected chi connectivity index (χ3v) is 5.10. The van der Waals surface area contributed by atoms with Gasteiger partial charge in [-0.3, -0.25) is 0 Å². The van der Waals surface area contributed by atoms with Gasteiger partial charge in [0.15, 0.2) is 11.5 Å². The third kappa shape index (κ3) is 3.03. The van der Waals surface area contributed by atoms with Gasteiger partial charge in [-0.2, -0.15) is 0 Å². The molecule has 27 heavy (non-hydrogen) atoms. The average molecular weight is 370 g/mol. The molecule has 1 N–H and O–H groups in total. The summed E-state index contributed by atoms with van der Waals surface area (Å²) < 4.78 is 26.7. The van der Waals surface area contributed by atoms with Crippen LogP contribution in [0.25, 0.3) is 6.08 Å². The van der Waals surface area contributed by atoms with Gasteiger partial charge >= 0.3 is 5.97 Å². The van der Waals surface area contributed by atoms with E-state index in [9.17, 15) is 9.90 Å². The van der Waals surface area contributed by atoms with Gasteiger partial charge in [0.25, 0.3) is 0 Å². The molecule has 0 unspecified atom stereocenters. The molecule has 3 aliphatic heterocycles. The molecule has 0 spiro atoms. The molecule has 7 nitrogen and oxygen atoms in total. The number of fused-ring (bicyclic) bond motifs is 2. The number of ether oxygens (including phenoxy) is 5. The summed E-state index contributed by atoms with van der Waals surface area (Å²) in [6, 6.07) is 5.44. The Labute approximate surface area is 155 Å². The van der Waals surface area contributed by atoms with E-state index < -0.39 is 18.2 Å². The van der Waals surface area contributed by atoms with Crippen LogP contribution < -0.4 is 9.47 Å². The van der Waals surface area contributed by atoms with Crippen LogP contribution in [0.5, 0.6) is 11.5 Å². The van der Waals surface area contributed by atoms with Gasteiger partial charge < -0.3 is 28.8 Å². The fourth-order valence-corrected chi connectivity index (χ4v) is 3.69. The number of cyclic esters (lactones) is 1. The van der Waals surface area contributed by atoms with Gasteiger partial charge in [-0.1, -0.05) is 18.2 Å². The quantitative estimate of drug-likeness (QED) is 0.643. The second kappa shape index (κ2) is 6.53. The third-order valence-electron chi connectivity index (χ3n) is 5.10. The van der Waals surface area contributed by atoms with Crippen molar-refractivity contribution in [1.82, 2.24) is 0 Å². The smallest absolute Gasteiger partial charge is 0.336 e. The Balaban J connectivity index is 1.40. The topological polar surface area (TPSA) is 83.5 Å². The molecular formula is C20H18O7. The average Bonchev–Trinajstić information content (AvgIpc) is 3.36. The van der Waals surface area contributed by atoms with Crippen LogP contribution in [-0.4, -0.2) is 43.2 Å². The Bertz CT molecular complexity index is 869. The minimum Gasteiger partial charge on any atom is -0.454 e. The van der Waals surface area contributed by atoms with E-state index in [0.717, 1.165) is 11.1 Å². The van der Waals surface area contributed by atoms with Crippen LogP contribution in [-0.2, 0) is 19.0 Å². The minimum absolute atomic E-state index is 0.0659. The molecule has 1 aromatic carbocycles. The molecule has 7 heteroatoms. The first kappa shape index (κ1) is 16.6. The summed E-state index contributed by atoms with van der Waals surface area (Å²) in [4.78, 5) is 12.3. The first-order valence-corrected chi connectivity index (χ1v) is 8.80. The molecule has 3 heterocycles. The first-order valence-electron chi connectivity index (χ1n) is 8.80. The van der Waals surface area contributed by atoms with Crippen LogP contribution in [0.1, 0.15) is 12.0 Å². The summed E-state index contributed by atoms with van der Waals surface area (Å²) in [7, 11) is 0. The monoisotopic (exact) mass is 370 g/mol. The van der Waals surface area contributed by atoms with E-state index >= 15 is 0 Å². The Hall–Kier alpha value is -2.61. The van der Waals surface area contributed by atoms with Gasteiger partial charge in [0.1, 0.15) is 19.0 Å². The molecule has 4 aliphatic rings. The Morgan fingerprint density at radius 3 is 2.89 bits per heavy atom. The molecule has 0 amide bonds. The second-order valence-electron chi connectivity index (χ2n) is 6.80. The Morgan fingerprint density at radius 2 is 1.96 bits per heavy atom. The lowest BCUT2D eigenvalue weighted by molar-refractivity contribution is -0.155. The van der Waals surface area contributed by atoms with Crippen LogP contribution in [0.3, 0.4) is 0 Å². The molecular weight excluding hydrogens is 352 g/mol. The van der Waals surface area contributed by atoms with Crippen LogP contribution in [0.2, 0.25) is 0 Å². The number of allylic oxidation sites excluding steroid dienone is 2. The number of carbonyl (C=O) groups excluding carboxylic acids is 1. The highest BCUT2D eigenvalue weighted by Gasteiger charge is 2.39. The molecule has 1 aliphatic carbocycles. The maximum atomic E-state index is 12.3. The number of aliphatic hydroxyl groups excluding tert-OH is 1. The lowest BCUT2D eigenvalue weighted by Crippen LogP contribution is -2.22. The highest BCUT2D eigenvalue weighted by Crippen LogP contribution is 2.37. The standard InChI is InChI=1S/C20H18O7/c21-19-13(5-11-1-3-15-17(7-11)25-9-23-15)14(20(22)27-19)6-12-2-4-16-18(8-12)26-10-24-16/h1-5,7-8,14,16,18,20,22H,6,9-10H2/b13-5-/t14-,16-,18+,20-/m1/s1. The largest absolute Gasteiger partial charge is 0.454 e. The van der Waals surface area contributed by atoms with Gasteiger partial charge in [0.05, 0.1) is 5.92 Å². The fourth-order valence-electron chi connectivity index (χ4n) is 3.69. The van der Waals surface area contributed by atoms with E-state index in [1.54, 1.807) is 18.2 Å². The Kier molecular flexibility index (Phi) is 4.00. The normalized spacial score (nSPS) is 32.6. The highest BCUT2D eigenvalue weighted by molar-refractivity contribution is 5.96. The lowest BCUT2D eigenvalue weighted by Gasteiger charge is -2.19. The summed E-state index contributed by atoms with van der Waals surface area (Å²) >= 11 is 0. The van der Waals surface area contributed by atoms with Crippen molar-refractivity contribution in [2.45, 2.75) is 24.9 Å². The number of hydrogen-bond donors (Lipinski definition) is 1. The molecule has 5 rings (SSSR count). The van der Waals surface area contributed by atoms with Crippen molar-refractivity contribution in [2.24, 2.45) is 5.92 Å². The maximum absolute atomic E-state index is 12.3. The first-order chi connectivity index (χ1) is 13.2. The predicted molar refractivity (Wildman–Crippen MR) is 92.6 cm³/mol. The number of benzene rings is 1. The summed E-state index contributed by atoms with van der Waals surface area (Å²) in [6.07, 6.45) is 6.70. The number of hydrogen-bond acceptors (Lipinski definition) is 7. The summed E-state index contributed by atoms with van der Waals surface area (Å²) in [5.41, 5.74) is 2.19. The second-order valence-corrected chi connectivity index (χ2v) is 6.80. The summed E-state index contributed by atoms with van der Waals surface area (Å²) in [5, 5.41) is 10.2. The van der Waals surface area contributed by atoms with Crippen LogP contribution >= 0.6 is 0 Å². The van der Waals surface area contributed by atoms with E-state index in [4.69, 9.17) is 23.7 Å². The van der Waals surface area contributed by atoms with E-state index in [-0.39, 0.29) is 25.8 Å². The van der Waals surface area contributed by atoms with E-state index in [1.165, 1.54) is 0 Å². The number of rotatable bonds is 3. The van der Waals surface area contributed by atoms with Crippen molar-refractivity contribution in [3.8, 4) is 11.5 Å². The zero-order chi connectivity index (χ0) is 18.4. The molecule has 0 radical (unpaired) electrons. The molecule has 140 valence electrons. The van der Waals surface area contributed by atoms with Gasteiger partial charge in [0, 0.05) is 5.57 Å². The van der Waals surface area contributed by atoms with Crippen LogP contribution in [0.4, 0.5) is 0 Å². The molecule has 0 bridgehead atoms. The van der Waals surface area contributed by atoms with Crippen molar-refractivity contribution < 1.29 is 33.6 Å². The van der Waals surface area contributed by atoms with Crippen molar-refractivity contribution in [3.63, 3.8) is 0 Å². The molecule has 2 saturated heterocycles. The van der Waals surface area contributed by atoms with Gasteiger partial charge in [-0.15, -0.1) is 0 Å². The van der Waals surface area contributed by atoms with Crippen LogP contribution in [0, 0.1) is 5.92 Å². The highest BCUT2D eigenvalue weighted by atomic mass is 16.7. The number of aliphatic hydroxyl groups is 1. The molecule has 4 atom stereocenters. The van der Waals surface area contributed by atoms with E-state index in [2.05, 4.69) is 0 Å². The number of carbonyl (C=O) groups is 1. The molecule has 1 aromatic rings. The van der Waals surface area contributed by atoms with Crippen molar-refractivity contribution in [3.05, 3.63) is 53.1 Å². The SMILES string of the molecule is O=C1O[C@@H](O)[C@H](CC2=C[C@@H]3OCO[C@@H]3C=C2)/C1=C/c1ccc2c(c1)OCO2. The summed E-state index contributed by atoms with van der Waals surface area (Å²) in [6.45, 7) is 0.458. The van der Waals surface area contributed by atoms with Crippen molar-refractivity contribution >= 4 is 12.0 Å².